The molecule has 3 heterocycles. The number of anilines is 1. The smallest absolute Gasteiger partial charge is 0.248 e. The Labute approximate surface area is 250 Å². The first-order valence-electron chi connectivity index (χ1n) is 15.2. The highest BCUT2D eigenvalue weighted by Crippen LogP contribution is 2.65. The van der Waals surface area contributed by atoms with E-state index in [1.165, 1.54) is 4.90 Å². The molecule has 9 nitrogen and oxygen atoms in total. The van der Waals surface area contributed by atoms with Crippen molar-refractivity contribution in [3.63, 3.8) is 0 Å². The molecule has 1 N–H and O–H groups in total. The van der Waals surface area contributed by atoms with E-state index >= 15 is 0 Å². The molecule has 0 aliphatic carbocycles. The van der Waals surface area contributed by atoms with E-state index in [2.05, 4.69) is 20.1 Å². The molecule has 1 aromatic rings. The Balaban J connectivity index is 1.80. The van der Waals surface area contributed by atoms with Crippen molar-refractivity contribution in [1.29, 1.82) is 0 Å². The summed E-state index contributed by atoms with van der Waals surface area (Å²) in [5.41, 5.74) is -1.48. The van der Waals surface area contributed by atoms with Crippen LogP contribution in [-0.4, -0.2) is 88.8 Å². The number of aliphatic hydroxyl groups is 1. The molecular formula is C33H47N3O6. The summed E-state index contributed by atoms with van der Waals surface area (Å²) >= 11 is 0. The minimum atomic E-state index is -1.18. The molecule has 3 amide bonds. The molecule has 9 heteroatoms. The number of likely N-dealkylation sites (tertiary alicyclic amines) is 1. The Hall–Kier alpha value is -3.17. The molecule has 1 spiro atoms. The predicted octanol–water partition coefficient (Wildman–Crippen LogP) is 3.81. The van der Waals surface area contributed by atoms with Crippen LogP contribution in [0.15, 0.2) is 49.6 Å². The first kappa shape index (κ1) is 31.8. The number of fused-ring (bicyclic) bond motifs is 1. The van der Waals surface area contributed by atoms with Crippen LogP contribution in [0.5, 0.6) is 5.75 Å². The standard InChI is InChI=1S/C33H47N3O6/c1-8-12-19-34(17-9-2)31(40)28-33-20-22(5)32(7,42-33)26(27(33)30(39)36(28)23(6)21-37)29(38)35(18-10-3)24-13-15-25(16-14-24)41-11-4/h9-10,13-16,22-23,26-28,37H,2-3,8,11-12,17-21H2,1,4-7H3/t22?,23-,26-,27+,28?,32+,33?/m1/s1. The number of unbranched alkanes of at least 4 members (excludes halogenated alkanes) is 1. The topological polar surface area (TPSA) is 99.6 Å². The largest absolute Gasteiger partial charge is 0.494 e. The molecule has 3 fully saturated rings. The van der Waals surface area contributed by atoms with E-state index in [4.69, 9.17) is 9.47 Å². The number of benzene rings is 1. The molecule has 0 aromatic heterocycles. The number of ether oxygens (including phenoxy) is 2. The summed E-state index contributed by atoms with van der Waals surface area (Å²) in [5, 5.41) is 10.2. The first-order valence-corrected chi connectivity index (χ1v) is 15.2. The zero-order valence-corrected chi connectivity index (χ0v) is 25.8. The molecule has 7 atom stereocenters. The second-order valence-electron chi connectivity index (χ2n) is 12.1. The molecule has 1 aromatic carbocycles. The quantitative estimate of drug-likeness (QED) is 0.336. The van der Waals surface area contributed by atoms with E-state index in [1.807, 2.05) is 45.0 Å². The van der Waals surface area contributed by atoms with Crippen LogP contribution in [0.1, 0.15) is 53.9 Å². The lowest BCUT2D eigenvalue weighted by Crippen LogP contribution is -2.58. The van der Waals surface area contributed by atoms with Crippen LogP contribution < -0.4 is 9.64 Å². The monoisotopic (exact) mass is 581 g/mol. The van der Waals surface area contributed by atoms with Gasteiger partial charge in [-0.2, -0.15) is 0 Å². The third kappa shape index (κ3) is 5.04. The van der Waals surface area contributed by atoms with Crippen LogP contribution in [0.25, 0.3) is 0 Å². The van der Waals surface area contributed by atoms with Crippen molar-refractivity contribution in [3.05, 3.63) is 49.6 Å². The fraction of sp³-hybridized carbons (Fsp3) is 0.606. The number of rotatable bonds is 14. The molecule has 230 valence electrons. The van der Waals surface area contributed by atoms with Gasteiger partial charge in [-0.05, 0) is 63.8 Å². The maximum absolute atomic E-state index is 14.6. The summed E-state index contributed by atoms with van der Waals surface area (Å²) in [5.74, 6) is -1.86. The highest BCUT2D eigenvalue weighted by molar-refractivity contribution is 6.03. The zero-order valence-electron chi connectivity index (χ0n) is 25.8. The van der Waals surface area contributed by atoms with Crippen LogP contribution in [0.4, 0.5) is 5.69 Å². The minimum absolute atomic E-state index is 0.0930. The highest BCUT2D eigenvalue weighted by Gasteiger charge is 2.80. The fourth-order valence-electron chi connectivity index (χ4n) is 7.37. The third-order valence-corrected chi connectivity index (χ3v) is 9.47. The molecule has 4 rings (SSSR count). The van der Waals surface area contributed by atoms with Crippen LogP contribution in [0, 0.1) is 17.8 Å². The Morgan fingerprint density at radius 2 is 1.86 bits per heavy atom. The van der Waals surface area contributed by atoms with Crippen molar-refractivity contribution in [2.45, 2.75) is 77.2 Å². The molecular weight excluding hydrogens is 534 g/mol. The van der Waals surface area contributed by atoms with Crippen molar-refractivity contribution in [2.24, 2.45) is 17.8 Å². The number of nitrogens with zero attached hydrogens (tertiary/aromatic N) is 3. The molecule has 3 aliphatic heterocycles. The van der Waals surface area contributed by atoms with E-state index in [0.717, 1.165) is 12.8 Å². The maximum Gasteiger partial charge on any atom is 0.248 e. The number of carbonyl (C=O) groups excluding carboxylic acids is 3. The lowest BCUT2D eigenvalue weighted by atomic mass is 9.62. The van der Waals surface area contributed by atoms with Gasteiger partial charge in [0.25, 0.3) is 0 Å². The Kier molecular flexibility index (Phi) is 9.52. The molecule has 0 saturated carbocycles. The summed E-state index contributed by atoms with van der Waals surface area (Å²) in [6.07, 6.45) is 5.53. The SMILES string of the molecule is C=CCN(CCCC)C(=O)C1N([C@H](C)CO)C(=O)[C@@H]2[C@H](C(=O)N(CC=C)c3ccc(OCC)cc3)[C@@]3(C)OC12CC3C. The van der Waals surface area contributed by atoms with E-state index in [-0.39, 0.29) is 36.8 Å². The summed E-state index contributed by atoms with van der Waals surface area (Å²) in [4.78, 5) is 48.3. The van der Waals surface area contributed by atoms with Gasteiger partial charge in [0, 0.05) is 25.3 Å². The van der Waals surface area contributed by atoms with Crippen molar-refractivity contribution < 1.29 is 29.0 Å². The van der Waals surface area contributed by atoms with Crippen molar-refractivity contribution >= 4 is 23.4 Å². The Morgan fingerprint density at radius 3 is 2.43 bits per heavy atom. The molecule has 3 saturated heterocycles. The number of hydrogen-bond acceptors (Lipinski definition) is 6. The van der Waals surface area contributed by atoms with Gasteiger partial charge in [0.05, 0.1) is 36.7 Å². The van der Waals surface area contributed by atoms with E-state index in [1.54, 1.807) is 28.9 Å². The molecule has 3 unspecified atom stereocenters. The fourth-order valence-corrected chi connectivity index (χ4v) is 7.37. The molecule has 2 bridgehead atoms. The summed E-state index contributed by atoms with van der Waals surface area (Å²) in [6.45, 7) is 18.7. The van der Waals surface area contributed by atoms with Gasteiger partial charge in [-0.25, -0.2) is 0 Å². The van der Waals surface area contributed by atoms with Crippen LogP contribution in [-0.2, 0) is 19.1 Å². The highest BCUT2D eigenvalue weighted by atomic mass is 16.5. The number of hydrogen-bond donors (Lipinski definition) is 1. The number of amides is 3. The van der Waals surface area contributed by atoms with Crippen molar-refractivity contribution in [2.75, 3.05) is 37.7 Å². The summed E-state index contributed by atoms with van der Waals surface area (Å²) in [6, 6.07) is 5.71. The van der Waals surface area contributed by atoms with Crippen molar-refractivity contribution in [3.8, 4) is 5.75 Å². The number of aliphatic hydroxyl groups excluding tert-OH is 1. The average molecular weight is 582 g/mol. The van der Waals surface area contributed by atoms with Gasteiger partial charge in [0.15, 0.2) is 0 Å². The summed E-state index contributed by atoms with van der Waals surface area (Å²) in [7, 11) is 0. The second kappa shape index (κ2) is 12.6. The predicted molar refractivity (Wildman–Crippen MR) is 162 cm³/mol. The second-order valence-corrected chi connectivity index (χ2v) is 12.1. The molecule has 0 radical (unpaired) electrons. The number of carbonyl (C=O) groups is 3. The van der Waals surface area contributed by atoms with E-state index < -0.39 is 35.1 Å². The zero-order chi connectivity index (χ0) is 30.8. The van der Waals surface area contributed by atoms with E-state index in [9.17, 15) is 19.5 Å². The Morgan fingerprint density at radius 1 is 1.19 bits per heavy atom. The maximum atomic E-state index is 14.6. The molecule has 3 aliphatic rings. The first-order chi connectivity index (χ1) is 20.1. The average Bonchev–Trinajstić information content (AvgIpc) is 3.50. The van der Waals surface area contributed by atoms with Crippen LogP contribution >= 0.6 is 0 Å². The van der Waals surface area contributed by atoms with Gasteiger partial charge in [0.2, 0.25) is 17.7 Å². The van der Waals surface area contributed by atoms with Gasteiger partial charge < -0.3 is 29.3 Å². The van der Waals surface area contributed by atoms with Gasteiger partial charge in [0.1, 0.15) is 17.4 Å². The van der Waals surface area contributed by atoms with Crippen molar-refractivity contribution in [1.82, 2.24) is 9.80 Å². The lowest BCUT2D eigenvalue weighted by molar-refractivity contribution is -0.155. The molecule has 42 heavy (non-hydrogen) atoms. The van der Waals surface area contributed by atoms with Gasteiger partial charge in [-0.15, -0.1) is 13.2 Å². The van der Waals surface area contributed by atoms with Gasteiger partial charge in [-0.3, -0.25) is 14.4 Å². The van der Waals surface area contributed by atoms with Crippen LogP contribution in [0.3, 0.4) is 0 Å². The normalized spacial score (nSPS) is 30.1. The Bertz CT molecular complexity index is 1190. The lowest BCUT2D eigenvalue weighted by Gasteiger charge is -2.39. The third-order valence-electron chi connectivity index (χ3n) is 9.47. The van der Waals surface area contributed by atoms with Gasteiger partial charge in [-0.1, -0.05) is 32.4 Å². The van der Waals surface area contributed by atoms with E-state index in [0.29, 0.717) is 37.6 Å². The van der Waals surface area contributed by atoms with Gasteiger partial charge >= 0.3 is 0 Å². The minimum Gasteiger partial charge on any atom is -0.494 e. The van der Waals surface area contributed by atoms with Crippen LogP contribution in [0.2, 0.25) is 0 Å². The summed E-state index contributed by atoms with van der Waals surface area (Å²) < 4.78 is 12.5.